The van der Waals surface area contributed by atoms with Gasteiger partial charge in [0.1, 0.15) is 15.5 Å². The first kappa shape index (κ1) is 48.7. The van der Waals surface area contributed by atoms with Crippen LogP contribution in [0.3, 0.4) is 0 Å². The second kappa shape index (κ2) is 20.3. The predicted molar refractivity (Wildman–Crippen MR) is 253 cm³/mol. The number of aromatic nitrogens is 2. The van der Waals surface area contributed by atoms with Crippen LogP contribution in [-0.2, 0) is 39.1 Å². The van der Waals surface area contributed by atoms with Gasteiger partial charge in [0, 0.05) is 81.0 Å². The van der Waals surface area contributed by atoms with Crippen molar-refractivity contribution in [3.05, 3.63) is 144 Å². The van der Waals surface area contributed by atoms with E-state index in [1.807, 2.05) is 40.6 Å². The Bertz CT molecular complexity index is 2820. The molecule has 20 heteroatoms. The zero-order chi connectivity index (χ0) is 46.7. The molecular formula is C45H47Cl2F3N6O5S4. The van der Waals surface area contributed by atoms with Crippen molar-refractivity contribution in [2.75, 3.05) is 69.3 Å². The molecule has 65 heavy (non-hydrogen) atoms. The lowest BCUT2D eigenvalue weighted by Crippen LogP contribution is -2.48. The van der Waals surface area contributed by atoms with Gasteiger partial charge in [0.05, 0.1) is 29.1 Å². The van der Waals surface area contributed by atoms with Gasteiger partial charge < -0.3 is 14.5 Å². The van der Waals surface area contributed by atoms with Crippen LogP contribution in [0.4, 0.5) is 23.4 Å². The number of benzene rings is 4. The Morgan fingerprint density at radius 2 is 1.18 bits per heavy atom. The molecule has 0 atom stereocenters. The summed E-state index contributed by atoms with van der Waals surface area (Å²) in [5.74, 6) is 0.299. The molecule has 0 N–H and O–H groups in total. The molecule has 2 fully saturated rings. The molecule has 0 saturated carbocycles. The van der Waals surface area contributed by atoms with Crippen molar-refractivity contribution in [1.82, 2.24) is 18.6 Å². The van der Waals surface area contributed by atoms with Gasteiger partial charge >= 0.3 is 6.18 Å². The molecule has 0 bridgehead atoms. The Kier molecular flexibility index (Phi) is 15.2. The maximum atomic E-state index is 13.2. The zero-order valence-electron chi connectivity index (χ0n) is 36.0. The number of aryl methyl sites for hydroxylation is 3. The SMILES string of the molecule is COc1ccc(Cl)cc1S(=O)(=O)N1CCN(c2nc(Cc3c(C)cc(C)cc3C)cs2)CC1.O=S(=O)(c1cc(C(F)(F)F)ccc1Cl)N1CCN(c2nc(Cc3ccccc3)cs2)CC1. The van der Waals surface area contributed by atoms with Gasteiger partial charge in [0.2, 0.25) is 20.0 Å². The molecule has 0 amide bonds. The van der Waals surface area contributed by atoms with Crippen LogP contribution in [0.5, 0.6) is 5.75 Å². The summed E-state index contributed by atoms with van der Waals surface area (Å²) in [4.78, 5) is 13.2. The van der Waals surface area contributed by atoms with Crippen LogP contribution in [0.25, 0.3) is 0 Å². The van der Waals surface area contributed by atoms with Crippen LogP contribution in [0.1, 0.15) is 44.8 Å². The van der Waals surface area contributed by atoms with E-state index in [4.69, 9.17) is 32.9 Å². The van der Waals surface area contributed by atoms with Crippen molar-refractivity contribution >= 4 is 76.2 Å². The smallest absolute Gasteiger partial charge is 0.416 e. The molecular weight excluding hydrogens is 961 g/mol. The van der Waals surface area contributed by atoms with Crippen molar-refractivity contribution in [2.45, 2.75) is 49.6 Å². The van der Waals surface area contributed by atoms with Gasteiger partial charge in [0.15, 0.2) is 10.3 Å². The third-order valence-corrected chi connectivity index (χ3v) is 17.6. The highest BCUT2D eigenvalue weighted by atomic mass is 35.5. The fraction of sp³-hybridized carbons (Fsp3) is 0.333. The largest absolute Gasteiger partial charge is 0.495 e. The molecule has 0 aliphatic carbocycles. The number of nitrogens with zero attached hydrogens (tertiary/aromatic N) is 6. The summed E-state index contributed by atoms with van der Waals surface area (Å²) in [5, 5.41) is 5.95. The normalized spacial score (nSPS) is 15.5. The Labute approximate surface area is 396 Å². The predicted octanol–water partition coefficient (Wildman–Crippen LogP) is 9.75. The summed E-state index contributed by atoms with van der Waals surface area (Å²) in [6, 6.07) is 21.4. The molecule has 4 aromatic carbocycles. The number of sulfonamides is 2. The standard InChI is InChI=1S/C24H28ClN3O3S2.C21H19ClF3N3O2S2/c1-16-11-17(2)21(18(3)12-16)14-20-15-32-24(26-20)27-7-9-28(10-8-27)33(29,30)23-13-19(25)5-6-22(23)31-4;22-18-7-6-16(21(23,24)25)13-19(18)32(29,30)28-10-8-27(9-11-28)20-26-17(14-31-20)12-15-4-2-1-3-5-15/h5-6,11-13,15H,7-10,14H2,1-4H3;1-7,13-14H,8-12H2. The minimum Gasteiger partial charge on any atom is -0.495 e. The highest BCUT2D eigenvalue weighted by Gasteiger charge is 2.36. The summed E-state index contributed by atoms with van der Waals surface area (Å²) in [5.41, 5.74) is 7.26. The number of hydrogen-bond donors (Lipinski definition) is 0. The van der Waals surface area contributed by atoms with Gasteiger partial charge in [-0.15, -0.1) is 22.7 Å². The van der Waals surface area contributed by atoms with Crippen LogP contribution in [0.15, 0.2) is 99.4 Å². The molecule has 2 aliphatic rings. The van der Waals surface area contributed by atoms with Gasteiger partial charge in [-0.1, -0.05) is 71.2 Å². The molecule has 4 heterocycles. The van der Waals surface area contributed by atoms with Crippen molar-refractivity contribution in [2.24, 2.45) is 0 Å². The number of anilines is 2. The van der Waals surface area contributed by atoms with E-state index < -0.39 is 36.7 Å². The fourth-order valence-electron chi connectivity index (χ4n) is 7.77. The highest BCUT2D eigenvalue weighted by Crippen LogP contribution is 2.36. The summed E-state index contributed by atoms with van der Waals surface area (Å²) >= 11 is 15.1. The Morgan fingerprint density at radius 3 is 1.71 bits per heavy atom. The number of alkyl halides is 3. The Hall–Kier alpha value is -4.27. The first-order valence-electron chi connectivity index (χ1n) is 20.5. The number of piperazine rings is 2. The van der Waals surface area contributed by atoms with Gasteiger partial charge in [0.25, 0.3) is 0 Å². The summed E-state index contributed by atoms with van der Waals surface area (Å²) in [7, 11) is -6.40. The maximum absolute atomic E-state index is 13.2. The minimum atomic E-state index is -4.66. The summed E-state index contributed by atoms with van der Waals surface area (Å²) < 4.78 is 99.4. The van der Waals surface area contributed by atoms with Crippen LogP contribution in [0.2, 0.25) is 10.0 Å². The highest BCUT2D eigenvalue weighted by molar-refractivity contribution is 7.89. The van der Waals surface area contributed by atoms with Crippen molar-refractivity contribution in [1.29, 1.82) is 0 Å². The second-order valence-corrected chi connectivity index (χ2v) is 22.0. The molecule has 0 unspecified atom stereocenters. The lowest BCUT2D eigenvalue weighted by atomic mass is 9.96. The van der Waals surface area contributed by atoms with Crippen molar-refractivity contribution < 1.29 is 34.7 Å². The van der Waals surface area contributed by atoms with E-state index in [2.05, 4.69) is 48.2 Å². The quantitative estimate of drug-likeness (QED) is 0.125. The van der Waals surface area contributed by atoms with Crippen LogP contribution >= 0.6 is 45.9 Å². The van der Waals surface area contributed by atoms with Gasteiger partial charge in [-0.2, -0.15) is 21.8 Å². The van der Waals surface area contributed by atoms with Gasteiger partial charge in [-0.3, -0.25) is 0 Å². The third-order valence-electron chi connectivity index (χ3n) is 11.1. The molecule has 0 radical (unpaired) electrons. The molecule has 11 nitrogen and oxygen atoms in total. The van der Waals surface area contributed by atoms with E-state index in [0.29, 0.717) is 62.5 Å². The van der Waals surface area contributed by atoms with E-state index >= 15 is 0 Å². The monoisotopic (exact) mass is 1010 g/mol. The van der Waals surface area contributed by atoms with Crippen LogP contribution in [0, 0.1) is 20.8 Å². The molecule has 8 rings (SSSR count). The van der Waals surface area contributed by atoms with Gasteiger partial charge in [-0.05, 0) is 79.4 Å². The molecule has 2 aliphatic heterocycles. The van der Waals surface area contributed by atoms with Crippen molar-refractivity contribution in [3.63, 3.8) is 0 Å². The van der Waals surface area contributed by atoms with E-state index in [1.165, 1.54) is 55.4 Å². The van der Waals surface area contributed by atoms with E-state index in [0.717, 1.165) is 45.8 Å². The lowest BCUT2D eigenvalue weighted by Gasteiger charge is -2.34. The number of methoxy groups -OCH3 is 1. The van der Waals surface area contributed by atoms with E-state index in [1.54, 1.807) is 23.5 Å². The zero-order valence-corrected chi connectivity index (χ0v) is 40.8. The minimum absolute atomic E-state index is 0.103. The summed E-state index contributed by atoms with van der Waals surface area (Å²) in [6.45, 7) is 9.36. The molecule has 0 spiro atoms. The van der Waals surface area contributed by atoms with E-state index in [-0.39, 0.29) is 23.0 Å². The first-order valence-corrected chi connectivity index (χ1v) is 25.9. The molecule has 6 aromatic rings. The second-order valence-electron chi connectivity index (χ2n) is 15.7. The number of hydrogen-bond acceptors (Lipinski definition) is 11. The average Bonchev–Trinajstić information content (AvgIpc) is 3.95. The first-order chi connectivity index (χ1) is 30.8. The lowest BCUT2D eigenvalue weighted by molar-refractivity contribution is -0.137. The summed E-state index contributed by atoms with van der Waals surface area (Å²) in [6.07, 6.45) is -3.15. The number of ether oxygens (including phenoxy) is 1. The molecule has 2 aromatic heterocycles. The number of rotatable bonds is 11. The van der Waals surface area contributed by atoms with E-state index in [9.17, 15) is 30.0 Å². The molecule has 346 valence electrons. The van der Waals surface area contributed by atoms with Crippen molar-refractivity contribution in [3.8, 4) is 5.75 Å². The Balaban J connectivity index is 0.000000194. The molecule has 2 saturated heterocycles. The topological polar surface area (TPSA) is 116 Å². The average molecular weight is 1010 g/mol. The number of thiazole rings is 2. The van der Waals surface area contributed by atoms with Crippen LogP contribution in [-0.4, -0.2) is 94.9 Å². The van der Waals surface area contributed by atoms with Crippen LogP contribution < -0.4 is 14.5 Å². The Morgan fingerprint density at radius 1 is 0.662 bits per heavy atom. The van der Waals surface area contributed by atoms with Gasteiger partial charge in [-0.25, -0.2) is 26.8 Å². The maximum Gasteiger partial charge on any atom is 0.416 e. The number of halogens is 5. The third kappa shape index (κ3) is 11.5. The fourth-order valence-corrected chi connectivity index (χ4v) is 13.3.